The number of nitrogens with zero attached hydrogens (tertiary/aromatic N) is 3. The van der Waals surface area contributed by atoms with E-state index in [1.807, 2.05) is 42.5 Å². The van der Waals surface area contributed by atoms with Crippen LogP contribution in [0.3, 0.4) is 0 Å². The molecule has 1 N–H and O–H groups in total. The molecular weight excluding hydrogens is 507 g/mol. The fourth-order valence-electron chi connectivity index (χ4n) is 2.91. The fraction of sp³-hybridized carbons (Fsp3) is 0.0952. The van der Waals surface area contributed by atoms with Crippen molar-refractivity contribution >= 4 is 56.5 Å². The minimum atomic E-state index is 0.474. The van der Waals surface area contributed by atoms with Crippen LogP contribution >= 0.6 is 50.7 Å². The van der Waals surface area contributed by atoms with E-state index in [-0.39, 0.29) is 0 Å². The summed E-state index contributed by atoms with van der Waals surface area (Å²) in [6.45, 7) is 0.594. The second kappa shape index (κ2) is 9.31. The minimum absolute atomic E-state index is 0.474. The van der Waals surface area contributed by atoms with Gasteiger partial charge in [0, 0.05) is 28.3 Å². The van der Waals surface area contributed by atoms with E-state index < -0.39 is 0 Å². The average molecular weight is 522 g/mol. The predicted molar refractivity (Wildman–Crippen MR) is 127 cm³/mol. The smallest absolute Gasteiger partial charge is 0.135 e. The highest BCUT2D eigenvalue weighted by Gasteiger charge is 2.20. The molecule has 0 radical (unpaired) electrons. The van der Waals surface area contributed by atoms with E-state index >= 15 is 0 Å². The summed E-state index contributed by atoms with van der Waals surface area (Å²) in [4.78, 5) is 5.38. The second-order valence-corrected chi connectivity index (χ2v) is 8.76. The average Bonchev–Trinajstić information content (AvgIpc) is 3.24. The second-order valence-electron chi connectivity index (χ2n) is 6.30. The molecule has 0 atom stereocenters. The van der Waals surface area contributed by atoms with Crippen molar-refractivity contribution in [3.8, 4) is 27.4 Å². The van der Waals surface area contributed by atoms with Gasteiger partial charge in [-0.1, -0.05) is 52.0 Å². The summed E-state index contributed by atoms with van der Waals surface area (Å²) in [5.74, 6) is 1.51. The molecule has 152 valence electrons. The lowest BCUT2D eigenvalue weighted by atomic mass is 10.1. The maximum atomic E-state index is 6.45. The molecule has 5 nitrogen and oxygen atoms in total. The van der Waals surface area contributed by atoms with Gasteiger partial charge in [0.1, 0.15) is 17.3 Å². The van der Waals surface area contributed by atoms with Crippen LogP contribution in [-0.2, 0) is 6.54 Å². The zero-order chi connectivity index (χ0) is 21.1. The lowest BCUT2D eigenvalue weighted by molar-refractivity contribution is 0.414. The van der Waals surface area contributed by atoms with Gasteiger partial charge in [-0.05, 0) is 57.3 Å². The Labute approximate surface area is 196 Å². The third kappa shape index (κ3) is 4.44. The van der Waals surface area contributed by atoms with E-state index in [4.69, 9.17) is 27.9 Å². The van der Waals surface area contributed by atoms with E-state index in [1.165, 1.54) is 11.5 Å². The molecule has 0 aliphatic heterocycles. The summed E-state index contributed by atoms with van der Waals surface area (Å²) in [7, 11) is 1.65. The van der Waals surface area contributed by atoms with Crippen molar-refractivity contribution in [2.24, 2.45) is 0 Å². The molecule has 0 unspecified atom stereocenters. The quantitative estimate of drug-likeness (QED) is 0.297. The number of benzene rings is 2. The number of halogens is 3. The molecule has 0 amide bonds. The molecule has 30 heavy (non-hydrogen) atoms. The number of pyridine rings is 1. The lowest BCUT2D eigenvalue weighted by Gasteiger charge is -2.12. The van der Waals surface area contributed by atoms with Gasteiger partial charge in [0.15, 0.2) is 0 Å². The molecule has 0 bridgehead atoms. The summed E-state index contributed by atoms with van der Waals surface area (Å²) >= 11 is 17.4. The van der Waals surface area contributed by atoms with Crippen LogP contribution in [0.5, 0.6) is 5.75 Å². The Hall–Kier alpha value is -2.19. The van der Waals surface area contributed by atoms with Gasteiger partial charge >= 0.3 is 0 Å². The summed E-state index contributed by atoms with van der Waals surface area (Å²) in [5, 5.41) is 8.71. The molecular formula is C21H15BrCl2N4OS. The predicted octanol–water partition coefficient (Wildman–Crippen LogP) is 6.96. The van der Waals surface area contributed by atoms with Crippen molar-refractivity contribution in [1.82, 2.24) is 14.6 Å². The first-order valence-corrected chi connectivity index (χ1v) is 11.2. The van der Waals surface area contributed by atoms with Crippen LogP contribution < -0.4 is 10.1 Å². The van der Waals surface area contributed by atoms with Crippen LogP contribution in [0.15, 0.2) is 59.2 Å². The van der Waals surface area contributed by atoms with Gasteiger partial charge in [-0.3, -0.25) is 0 Å². The first-order valence-electron chi connectivity index (χ1n) is 8.86. The number of rotatable bonds is 6. The van der Waals surface area contributed by atoms with Crippen molar-refractivity contribution in [3.63, 3.8) is 0 Å². The molecule has 0 saturated carbocycles. The van der Waals surface area contributed by atoms with E-state index in [1.54, 1.807) is 19.4 Å². The number of nitrogens with one attached hydrogen (secondary N) is 1. The van der Waals surface area contributed by atoms with Crippen LogP contribution in [0.1, 0.15) is 5.56 Å². The zero-order valence-corrected chi connectivity index (χ0v) is 19.6. The Kier molecular flexibility index (Phi) is 6.53. The Morgan fingerprint density at radius 3 is 2.67 bits per heavy atom. The van der Waals surface area contributed by atoms with E-state index in [2.05, 4.69) is 35.8 Å². The SMILES string of the molecule is COc1ccc(CNc2ncc(Br)cc2-c2nnsc2-c2cccc(Cl)c2Cl)cc1. The summed E-state index contributed by atoms with van der Waals surface area (Å²) in [5.41, 5.74) is 3.39. The maximum Gasteiger partial charge on any atom is 0.135 e. The van der Waals surface area contributed by atoms with Crippen LogP contribution in [-0.4, -0.2) is 21.7 Å². The van der Waals surface area contributed by atoms with E-state index in [0.717, 1.165) is 31.8 Å². The molecule has 0 aliphatic carbocycles. The van der Waals surface area contributed by atoms with Crippen LogP contribution in [0, 0.1) is 0 Å². The number of ether oxygens (including phenoxy) is 1. The highest BCUT2D eigenvalue weighted by atomic mass is 79.9. The Bertz CT molecular complexity index is 1180. The molecule has 0 spiro atoms. The Balaban J connectivity index is 1.69. The van der Waals surface area contributed by atoms with Gasteiger partial charge in [0.05, 0.1) is 22.0 Å². The molecule has 2 aromatic heterocycles. The van der Waals surface area contributed by atoms with Crippen molar-refractivity contribution < 1.29 is 4.74 Å². The topological polar surface area (TPSA) is 59.9 Å². The summed E-state index contributed by atoms with van der Waals surface area (Å²) in [6.07, 6.45) is 1.74. The third-order valence-electron chi connectivity index (χ3n) is 4.41. The first-order chi connectivity index (χ1) is 14.6. The highest BCUT2D eigenvalue weighted by molar-refractivity contribution is 9.10. The molecule has 4 rings (SSSR count). The molecule has 9 heteroatoms. The fourth-order valence-corrected chi connectivity index (χ4v) is 4.40. The van der Waals surface area contributed by atoms with Crippen LogP contribution in [0.4, 0.5) is 5.82 Å². The Morgan fingerprint density at radius 1 is 1.10 bits per heavy atom. The van der Waals surface area contributed by atoms with Crippen LogP contribution in [0.25, 0.3) is 21.7 Å². The number of aromatic nitrogens is 3. The van der Waals surface area contributed by atoms with Gasteiger partial charge in [0.2, 0.25) is 0 Å². The summed E-state index contributed by atoms with van der Waals surface area (Å²) in [6, 6.07) is 15.3. The molecule has 0 saturated heterocycles. The number of anilines is 1. The van der Waals surface area contributed by atoms with E-state index in [0.29, 0.717) is 28.1 Å². The number of hydrogen-bond acceptors (Lipinski definition) is 6. The first kappa shape index (κ1) is 21.1. The maximum absolute atomic E-state index is 6.45. The van der Waals surface area contributed by atoms with E-state index in [9.17, 15) is 0 Å². The van der Waals surface area contributed by atoms with Gasteiger partial charge in [-0.25, -0.2) is 4.98 Å². The number of methoxy groups -OCH3 is 1. The minimum Gasteiger partial charge on any atom is -0.497 e. The highest BCUT2D eigenvalue weighted by Crippen LogP contribution is 2.42. The Morgan fingerprint density at radius 2 is 1.90 bits per heavy atom. The summed E-state index contributed by atoms with van der Waals surface area (Å²) < 4.78 is 10.2. The number of hydrogen-bond donors (Lipinski definition) is 1. The monoisotopic (exact) mass is 520 g/mol. The molecule has 0 aliphatic rings. The van der Waals surface area contributed by atoms with Crippen molar-refractivity contribution in [1.29, 1.82) is 0 Å². The lowest BCUT2D eigenvalue weighted by Crippen LogP contribution is -2.03. The molecule has 2 heterocycles. The normalized spacial score (nSPS) is 10.8. The third-order valence-corrected chi connectivity index (χ3v) is 6.42. The zero-order valence-electron chi connectivity index (χ0n) is 15.7. The van der Waals surface area contributed by atoms with Gasteiger partial charge in [-0.15, -0.1) is 5.10 Å². The molecule has 2 aromatic carbocycles. The van der Waals surface area contributed by atoms with Gasteiger partial charge in [-0.2, -0.15) is 0 Å². The largest absolute Gasteiger partial charge is 0.497 e. The van der Waals surface area contributed by atoms with Crippen molar-refractivity contribution in [3.05, 3.63) is 74.8 Å². The standard InChI is InChI=1S/C21H15BrCl2N4OS/c1-29-14-7-5-12(6-8-14)10-25-21-16(9-13(22)11-26-21)19-20(30-28-27-19)15-3-2-4-17(23)18(15)24/h2-9,11H,10H2,1H3,(H,25,26). The molecule has 4 aromatic rings. The van der Waals surface area contributed by atoms with Gasteiger partial charge in [0.25, 0.3) is 0 Å². The van der Waals surface area contributed by atoms with Gasteiger partial charge < -0.3 is 10.1 Å². The van der Waals surface area contributed by atoms with Crippen LogP contribution in [0.2, 0.25) is 10.0 Å². The van der Waals surface area contributed by atoms with Crippen molar-refractivity contribution in [2.45, 2.75) is 6.54 Å². The van der Waals surface area contributed by atoms with Crippen molar-refractivity contribution in [2.75, 3.05) is 12.4 Å². The molecule has 0 fully saturated rings.